The molecule has 0 aromatic heterocycles. The third-order valence-electron chi connectivity index (χ3n) is 10.1. The fourth-order valence-corrected chi connectivity index (χ4v) is 6.62. The van der Waals surface area contributed by atoms with E-state index in [1.807, 2.05) is 0 Å². The van der Waals surface area contributed by atoms with Gasteiger partial charge >= 0.3 is 11.9 Å². The van der Waals surface area contributed by atoms with Gasteiger partial charge in [-0.3, -0.25) is 9.59 Å². The van der Waals surface area contributed by atoms with Crippen molar-refractivity contribution in [2.24, 2.45) is 5.73 Å². The fourth-order valence-electron chi connectivity index (χ4n) is 6.62. The normalized spacial score (nSPS) is 13.2. The fraction of sp³-hybridized carbons (Fsp3) is 0.735. The first-order chi connectivity index (χ1) is 27.4. The summed E-state index contributed by atoms with van der Waals surface area (Å²) in [6, 6.07) is -0.863. The quantitative estimate of drug-likeness (QED) is 0.0323. The number of hydrogen-bond acceptors (Lipinski definition) is 5. The molecule has 4 N–H and O–H groups in total. The van der Waals surface area contributed by atoms with Gasteiger partial charge in [0.2, 0.25) is 5.91 Å². The highest BCUT2D eigenvalue weighted by molar-refractivity contribution is 5.83. The molecule has 0 aliphatic rings. The maximum absolute atomic E-state index is 12.8. The number of amides is 1. The highest BCUT2D eigenvalue weighted by atomic mass is 16.5. The van der Waals surface area contributed by atoms with Crippen molar-refractivity contribution in [3.8, 4) is 0 Å². The molecule has 0 radical (unpaired) electrons. The first-order valence-corrected chi connectivity index (χ1v) is 23.1. The van der Waals surface area contributed by atoms with E-state index in [1.54, 1.807) is 0 Å². The molecular formula is C49H86N2O5. The Bertz CT molecular complexity index is 1060. The van der Waals surface area contributed by atoms with Crippen LogP contribution >= 0.6 is 0 Å². The lowest BCUT2D eigenvalue weighted by molar-refractivity contribution is -0.150. The number of rotatable bonds is 41. The van der Waals surface area contributed by atoms with Crippen molar-refractivity contribution in [3.63, 3.8) is 0 Å². The van der Waals surface area contributed by atoms with Crippen molar-refractivity contribution in [1.29, 1.82) is 0 Å². The average Bonchev–Trinajstić information content (AvgIpc) is 3.18. The van der Waals surface area contributed by atoms with E-state index in [1.165, 1.54) is 51.4 Å². The summed E-state index contributed by atoms with van der Waals surface area (Å²) in [5, 5.41) is 11.9. The summed E-state index contributed by atoms with van der Waals surface area (Å²) in [6.07, 6.45) is 54.1. The highest BCUT2D eigenvalue weighted by Gasteiger charge is 2.19. The van der Waals surface area contributed by atoms with Crippen LogP contribution in [0, 0.1) is 0 Å². The lowest BCUT2D eigenvalue weighted by Crippen LogP contribution is -2.40. The number of unbranched alkanes of at least 4 members (excludes halogenated alkanes) is 17. The first kappa shape index (κ1) is 53.1. The van der Waals surface area contributed by atoms with Crippen LogP contribution in [0.25, 0.3) is 0 Å². The Hall–Kier alpha value is -2.93. The summed E-state index contributed by atoms with van der Waals surface area (Å²) in [7, 11) is 0. The van der Waals surface area contributed by atoms with Crippen LogP contribution in [0.4, 0.5) is 0 Å². The molecule has 0 spiro atoms. The molecular weight excluding hydrogens is 697 g/mol. The first-order valence-electron chi connectivity index (χ1n) is 23.1. The molecule has 56 heavy (non-hydrogen) atoms. The minimum atomic E-state index is -1.01. The summed E-state index contributed by atoms with van der Waals surface area (Å²) < 4.78 is 6.03. The number of nitrogens with one attached hydrogen (secondary N) is 1. The SMILES string of the molecule is CC/C=C\C/C=C\C/C=C\C/C=C\CCCCCCC(=O)OC(CCC/C=C\CCCCCCCCCC)CCCCCCCC(=O)NC(CCCN)C(=O)O. The number of carbonyl (C=O) groups excluding carboxylic acids is 2. The minimum absolute atomic E-state index is 0.0333. The van der Waals surface area contributed by atoms with E-state index < -0.39 is 12.0 Å². The zero-order valence-corrected chi connectivity index (χ0v) is 36.2. The minimum Gasteiger partial charge on any atom is -0.480 e. The van der Waals surface area contributed by atoms with Crippen LogP contribution in [-0.4, -0.2) is 41.6 Å². The monoisotopic (exact) mass is 783 g/mol. The second kappa shape index (κ2) is 43.2. The van der Waals surface area contributed by atoms with Gasteiger partial charge in [-0.1, -0.05) is 152 Å². The lowest BCUT2D eigenvalue weighted by Gasteiger charge is -2.18. The molecule has 0 saturated carbocycles. The van der Waals surface area contributed by atoms with Crippen LogP contribution in [0.5, 0.6) is 0 Å². The van der Waals surface area contributed by atoms with Crippen LogP contribution in [0.1, 0.15) is 213 Å². The summed E-state index contributed by atoms with van der Waals surface area (Å²) in [5.74, 6) is -1.28. The van der Waals surface area contributed by atoms with E-state index in [0.29, 0.717) is 32.2 Å². The van der Waals surface area contributed by atoms with Crippen molar-refractivity contribution >= 4 is 17.8 Å². The van der Waals surface area contributed by atoms with Crippen LogP contribution in [0.15, 0.2) is 60.8 Å². The molecule has 2 unspecified atom stereocenters. The summed E-state index contributed by atoms with van der Waals surface area (Å²) >= 11 is 0. The third kappa shape index (κ3) is 39.3. The number of carboxylic acid groups (broad SMARTS) is 1. The zero-order valence-electron chi connectivity index (χ0n) is 36.2. The third-order valence-corrected chi connectivity index (χ3v) is 10.1. The van der Waals surface area contributed by atoms with Gasteiger partial charge in [-0.2, -0.15) is 0 Å². The molecule has 0 bridgehead atoms. The molecule has 0 fully saturated rings. The zero-order chi connectivity index (χ0) is 41.0. The Balaban J connectivity index is 4.41. The Kier molecular flexibility index (Phi) is 40.9. The smallest absolute Gasteiger partial charge is 0.326 e. The standard InChI is InChI=1S/C49H86N2O5/c1-3-5-7-9-11-13-15-17-18-19-20-22-24-26-28-33-37-43-48(53)56-45(39-34-30-27-25-23-21-16-14-12-10-8-6-4-2)40-35-31-29-32-36-42-47(52)51-46(49(54)55)41-38-44-50/h5,7,11,13,17-18,20,22,25,27,45-46H,3-4,6,8-10,12,14-16,19,21,23-24,26,28-44,50H2,1-2H3,(H,51,52)(H,54,55)/b7-5-,13-11-,18-17-,22-20-,27-25-. The number of carboxylic acids is 1. The highest BCUT2D eigenvalue weighted by Crippen LogP contribution is 2.18. The van der Waals surface area contributed by atoms with Crippen LogP contribution in [-0.2, 0) is 19.1 Å². The van der Waals surface area contributed by atoms with E-state index in [2.05, 4.69) is 79.9 Å². The van der Waals surface area contributed by atoms with E-state index in [4.69, 9.17) is 10.5 Å². The molecule has 0 aliphatic heterocycles. The molecule has 7 nitrogen and oxygen atoms in total. The maximum atomic E-state index is 12.8. The van der Waals surface area contributed by atoms with E-state index in [-0.39, 0.29) is 18.0 Å². The summed E-state index contributed by atoms with van der Waals surface area (Å²) in [5.41, 5.74) is 5.49. The lowest BCUT2D eigenvalue weighted by atomic mass is 10.0. The van der Waals surface area contributed by atoms with Crippen LogP contribution < -0.4 is 11.1 Å². The maximum Gasteiger partial charge on any atom is 0.326 e. The Morgan fingerprint density at radius 2 is 1.00 bits per heavy atom. The van der Waals surface area contributed by atoms with Gasteiger partial charge in [-0.05, 0) is 116 Å². The van der Waals surface area contributed by atoms with Gasteiger partial charge in [0.25, 0.3) is 0 Å². The van der Waals surface area contributed by atoms with Gasteiger partial charge in [0.15, 0.2) is 0 Å². The molecule has 2 atom stereocenters. The predicted octanol–water partition coefficient (Wildman–Crippen LogP) is 13.3. The number of allylic oxidation sites excluding steroid dienone is 10. The molecule has 322 valence electrons. The van der Waals surface area contributed by atoms with Gasteiger partial charge in [0, 0.05) is 12.8 Å². The number of nitrogens with two attached hydrogens (primary N) is 1. The van der Waals surface area contributed by atoms with Gasteiger partial charge in [0.05, 0.1) is 0 Å². The predicted molar refractivity (Wildman–Crippen MR) is 239 cm³/mol. The van der Waals surface area contributed by atoms with Crippen molar-refractivity contribution in [2.75, 3.05) is 6.54 Å². The Morgan fingerprint density at radius 3 is 1.57 bits per heavy atom. The molecule has 0 rings (SSSR count). The molecule has 0 aromatic rings. The van der Waals surface area contributed by atoms with Crippen molar-refractivity contribution in [2.45, 2.75) is 225 Å². The van der Waals surface area contributed by atoms with Gasteiger partial charge in [0.1, 0.15) is 12.1 Å². The topological polar surface area (TPSA) is 119 Å². The van der Waals surface area contributed by atoms with Crippen LogP contribution in [0.2, 0.25) is 0 Å². The molecule has 0 aliphatic carbocycles. The summed E-state index contributed by atoms with van der Waals surface area (Å²) in [4.78, 5) is 36.4. The molecule has 7 heteroatoms. The van der Waals surface area contributed by atoms with Crippen molar-refractivity contribution < 1.29 is 24.2 Å². The number of esters is 1. The second-order valence-corrected chi connectivity index (χ2v) is 15.4. The Labute approximate surface area is 344 Å². The van der Waals surface area contributed by atoms with Gasteiger partial charge in [-0.15, -0.1) is 0 Å². The van der Waals surface area contributed by atoms with Crippen molar-refractivity contribution in [1.82, 2.24) is 5.32 Å². The van der Waals surface area contributed by atoms with E-state index in [0.717, 1.165) is 122 Å². The van der Waals surface area contributed by atoms with Crippen molar-refractivity contribution in [3.05, 3.63) is 60.8 Å². The molecule has 0 saturated heterocycles. The summed E-state index contributed by atoms with van der Waals surface area (Å²) in [6.45, 7) is 4.83. The average molecular weight is 783 g/mol. The van der Waals surface area contributed by atoms with Crippen LogP contribution in [0.3, 0.4) is 0 Å². The second-order valence-electron chi connectivity index (χ2n) is 15.4. The van der Waals surface area contributed by atoms with E-state index in [9.17, 15) is 19.5 Å². The number of ether oxygens (including phenoxy) is 1. The largest absolute Gasteiger partial charge is 0.480 e. The van der Waals surface area contributed by atoms with Gasteiger partial charge < -0.3 is 20.9 Å². The molecule has 1 amide bonds. The number of hydrogen-bond donors (Lipinski definition) is 3. The van der Waals surface area contributed by atoms with Gasteiger partial charge in [-0.25, -0.2) is 4.79 Å². The van der Waals surface area contributed by atoms with E-state index >= 15 is 0 Å². The number of carbonyl (C=O) groups is 3. The Morgan fingerprint density at radius 1 is 0.536 bits per heavy atom. The number of aliphatic carboxylic acids is 1. The molecule has 0 heterocycles. The molecule has 0 aromatic carbocycles.